The van der Waals surface area contributed by atoms with Crippen molar-refractivity contribution >= 4 is 10.0 Å². The number of sulfonamides is 1. The molecule has 0 radical (unpaired) electrons. The molecule has 0 bridgehead atoms. The summed E-state index contributed by atoms with van der Waals surface area (Å²) in [5.74, 6) is 1.34. The number of ether oxygens (including phenoxy) is 1. The van der Waals surface area contributed by atoms with Crippen molar-refractivity contribution < 1.29 is 13.2 Å². The fourth-order valence-electron chi connectivity index (χ4n) is 2.51. The summed E-state index contributed by atoms with van der Waals surface area (Å²) < 4.78 is 32.3. The second-order valence-corrected chi connectivity index (χ2v) is 8.30. The van der Waals surface area contributed by atoms with Gasteiger partial charge in [-0.1, -0.05) is 56.3 Å². The molecule has 0 aromatic heterocycles. The van der Waals surface area contributed by atoms with Crippen molar-refractivity contribution in [3.63, 3.8) is 0 Å². The van der Waals surface area contributed by atoms with Gasteiger partial charge in [0.1, 0.15) is 12.4 Å². The highest BCUT2D eigenvalue weighted by Crippen LogP contribution is 2.19. The number of benzene rings is 2. The summed E-state index contributed by atoms with van der Waals surface area (Å²) in [4.78, 5) is 0. The first-order chi connectivity index (χ1) is 12.0. The number of hydrogen-bond donors (Lipinski definition) is 1. The van der Waals surface area contributed by atoms with Crippen molar-refractivity contribution in [2.45, 2.75) is 32.6 Å². The summed E-state index contributed by atoms with van der Waals surface area (Å²) in [5, 5.41) is 0. The molecule has 0 heterocycles. The first-order valence-corrected chi connectivity index (χ1v) is 10.4. The number of hydrogen-bond acceptors (Lipinski definition) is 3. The largest absolute Gasteiger partial charge is 0.492 e. The van der Waals surface area contributed by atoms with Crippen LogP contribution in [0.15, 0.2) is 54.6 Å². The Morgan fingerprint density at radius 1 is 1.04 bits per heavy atom. The molecule has 1 N–H and O–H groups in total. The van der Waals surface area contributed by atoms with Crippen LogP contribution in [-0.4, -0.2) is 27.3 Å². The fraction of sp³-hybridized carbons (Fsp3) is 0.400. The van der Waals surface area contributed by atoms with Crippen LogP contribution < -0.4 is 9.46 Å². The summed E-state index contributed by atoms with van der Waals surface area (Å²) in [7, 11) is -3.26. The zero-order chi connectivity index (χ0) is 18.1. The van der Waals surface area contributed by atoms with E-state index in [9.17, 15) is 8.42 Å². The minimum Gasteiger partial charge on any atom is -0.492 e. The Morgan fingerprint density at radius 3 is 2.52 bits per heavy atom. The predicted molar refractivity (Wildman–Crippen MR) is 103 cm³/mol. The van der Waals surface area contributed by atoms with Crippen LogP contribution in [0.2, 0.25) is 0 Å². The molecule has 0 spiro atoms. The van der Waals surface area contributed by atoms with Gasteiger partial charge in [-0.2, -0.15) is 0 Å². The third-order valence-corrected chi connectivity index (χ3v) is 5.41. The average molecular weight is 362 g/mol. The lowest BCUT2D eigenvalue weighted by molar-refractivity contribution is 0.322. The van der Waals surface area contributed by atoms with E-state index in [-0.39, 0.29) is 12.3 Å². The van der Waals surface area contributed by atoms with Gasteiger partial charge in [0.2, 0.25) is 10.0 Å². The first-order valence-electron chi connectivity index (χ1n) is 8.70. The van der Waals surface area contributed by atoms with E-state index in [0.29, 0.717) is 18.9 Å². The molecule has 25 heavy (non-hydrogen) atoms. The van der Waals surface area contributed by atoms with Crippen LogP contribution in [0.5, 0.6) is 5.75 Å². The van der Waals surface area contributed by atoms with Crippen LogP contribution in [0.25, 0.3) is 0 Å². The van der Waals surface area contributed by atoms with Crippen molar-refractivity contribution in [3.05, 3.63) is 65.7 Å². The SMILES string of the molecule is CC(C)c1cccc(OCCNS(=O)(=O)CCCc2ccccc2)c1. The highest BCUT2D eigenvalue weighted by molar-refractivity contribution is 7.89. The van der Waals surface area contributed by atoms with Gasteiger partial charge in [-0.25, -0.2) is 13.1 Å². The molecule has 0 unspecified atom stereocenters. The van der Waals surface area contributed by atoms with Crippen molar-refractivity contribution in [1.82, 2.24) is 4.72 Å². The van der Waals surface area contributed by atoms with Crippen molar-refractivity contribution in [2.75, 3.05) is 18.9 Å². The summed E-state index contributed by atoms with van der Waals surface area (Å²) in [5.41, 5.74) is 2.37. The average Bonchev–Trinajstić information content (AvgIpc) is 2.60. The molecule has 0 aliphatic carbocycles. The molecule has 2 aromatic rings. The van der Waals surface area contributed by atoms with E-state index in [1.807, 2.05) is 48.5 Å². The first kappa shape index (κ1) is 19.5. The van der Waals surface area contributed by atoms with Gasteiger partial charge in [0.25, 0.3) is 0 Å². The molecular formula is C20H27NO3S. The van der Waals surface area contributed by atoms with Gasteiger partial charge in [-0.05, 0) is 42.0 Å². The molecule has 0 atom stereocenters. The second-order valence-electron chi connectivity index (χ2n) is 6.38. The molecular weight excluding hydrogens is 334 g/mol. The van der Waals surface area contributed by atoms with Gasteiger partial charge >= 0.3 is 0 Å². The highest BCUT2D eigenvalue weighted by atomic mass is 32.2. The summed E-state index contributed by atoms with van der Waals surface area (Å²) >= 11 is 0. The molecule has 2 rings (SSSR count). The zero-order valence-electron chi connectivity index (χ0n) is 14.9. The van der Waals surface area contributed by atoms with Crippen LogP contribution in [0.4, 0.5) is 0 Å². The topological polar surface area (TPSA) is 55.4 Å². The Bertz CT molecular complexity index is 743. The van der Waals surface area contributed by atoms with Gasteiger partial charge < -0.3 is 4.74 Å². The maximum absolute atomic E-state index is 12.0. The predicted octanol–water partition coefficient (Wildman–Crippen LogP) is 3.74. The zero-order valence-corrected chi connectivity index (χ0v) is 15.8. The highest BCUT2D eigenvalue weighted by Gasteiger charge is 2.09. The minimum absolute atomic E-state index is 0.130. The van der Waals surface area contributed by atoms with E-state index >= 15 is 0 Å². The van der Waals surface area contributed by atoms with Crippen LogP contribution in [0.3, 0.4) is 0 Å². The van der Waals surface area contributed by atoms with Gasteiger partial charge in [0.05, 0.1) is 5.75 Å². The third kappa shape index (κ3) is 7.28. The maximum atomic E-state index is 12.0. The Hall–Kier alpha value is -1.85. The van der Waals surface area contributed by atoms with Crippen molar-refractivity contribution in [2.24, 2.45) is 0 Å². The molecule has 0 saturated heterocycles. The lowest BCUT2D eigenvalue weighted by Gasteiger charge is -2.11. The van der Waals surface area contributed by atoms with E-state index in [1.165, 1.54) is 5.56 Å². The Morgan fingerprint density at radius 2 is 1.80 bits per heavy atom. The Kier molecular flexibility index (Phi) is 7.47. The van der Waals surface area contributed by atoms with E-state index in [4.69, 9.17) is 4.74 Å². The molecule has 0 fully saturated rings. The van der Waals surface area contributed by atoms with Crippen molar-refractivity contribution in [3.8, 4) is 5.75 Å². The molecule has 4 nitrogen and oxygen atoms in total. The Balaban J connectivity index is 1.68. The second kappa shape index (κ2) is 9.59. The monoisotopic (exact) mass is 361 g/mol. The van der Waals surface area contributed by atoms with Gasteiger partial charge in [-0.15, -0.1) is 0 Å². The molecule has 0 saturated carbocycles. The minimum atomic E-state index is -3.26. The molecule has 0 aliphatic heterocycles. The number of nitrogens with one attached hydrogen (secondary N) is 1. The van der Waals surface area contributed by atoms with Crippen LogP contribution >= 0.6 is 0 Å². The van der Waals surface area contributed by atoms with E-state index in [0.717, 1.165) is 17.7 Å². The van der Waals surface area contributed by atoms with Gasteiger partial charge in [0, 0.05) is 6.54 Å². The molecule has 0 aliphatic rings. The number of aryl methyl sites for hydroxylation is 1. The smallest absolute Gasteiger partial charge is 0.211 e. The summed E-state index contributed by atoms with van der Waals surface area (Å²) in [6.07, 6.45) is 1.37. The third-order valence-electron chi connectivity index (χ3n) is 3.94. The normalized spacial score (nSPS) is 11.6. The Labute approximate surface area is 151 Å². The number of rotatable bonds is 10. The quantitative estimate of drug-likeness (QED) is 0.656. The van der Waals surface area contributed by atoms with E-state index < -0.39 is 10.0 Å². The van der Waals surface area contributed by atoms with Gasteiger partial charge in [-0.3, -0.25) is 0 Å². The molecule has 2 aromatic carbocycles. The lowest BCUT2D eigenvalue weighted by atomic mass is 10.0. The van der Waals surface area contributed by atoms with E-state index in [1.54, 1.807) is 0 Å². The van der Waals surface area contributed by atoms with Crippen molar-refractivity contribution in [1.29, 1.82) is 0 Å². The fourth-order valence-corrected chi connectivity index (χ4v) is 3.58. The van der Waals surface area contributed by atoms with Crippen LogP contribution in [0, 0.1) is 0 Å². The van der Waals surface area contributed by atoms with E-state index in [2.05, 4.69) is 24.6 Å². The van der Waals surface area contributed by atoms with Gasteiger partial charge in [0.15, 0.2) is 0 Å². The molecule has 5 heteroatoms. The summed E-state index contributed by atoms with van der Waals surface area (Å²) in [6, 6.07) is 17.8. The van der Waals surface area contributed by atoms with Crippen LogP contribution in [0.1, 0.15) is 37.3 Å². The standard InChI is InChI=1S/C20H27NO3S/c1-17(2)19-11-6-12-20(16-19)24-14-13-21-25(22,23)15-7-10-18-8-4-3-5-9-18/h3-6,8-9,11-12,16-17,21H,7,10,13-15H2,1-2H3. The molecule has 136 valence electrons. The molecule has 0 amide bonds. The lowest BCUT2D eigenvalue weighted by Crippen LogP contribution is -2.30. The van der Waals surface area contributed by atoms with Crippen LogP contribution in [-0.2, 0) is 16.4 Å². The summed E-state index contributed by atoms with van der Waals surface area (Å²) in [6.45, 7) is 4.85. The maximum Gasteiger partial charge on any atom is 0.211 e.